The molecule has 0 saturated carbocycles. The average Bonchev–Trinajstić information content (AvgIpc) is 2.96. The Bertz CT molecular complexity index is 945. The number of nitrogens with one attached hydrogen (secondary N) is 2. The SMILES string of the molecule is O=c1[nH]c2c(c3nc(-c4cc(F)ccc4F)cn13)CNCC2. The van der Waals surface area contributed by atoms with Gasteiger partial charge in [0.25, 0.3) is 0 Å². The van der Waals surface area contributed by atoms with E-state index in [9.17, 15) is 13.6 Å². The van der Waals surface area contributed by atoms with Gasteiger partial charge in [-0.3, -0.25) is 4.40 Å². The molecule has 1 aliphatic rings. The number of halogens is 2. The van der Waals surface area contributed by atoms with E-state index in [0.29, 0.717) is 18.6 Å². The van der Waals surface area contributed by atoms with Crippen LogP contribution in [0.5, 0.6) is 0 Å². The van der Waals surface area contributed by atoms with E-state index in [1.54, 1.807) is 0 Å². The Balaban J connectivity index is 2.00. The van der Waals surface area contributed by atoms with Crippen LogP contribution >= 0.6 is 0 Å². The zero-order valence-electron chi connectivity index (χ0n) is 11.5. The van der Waals surface area contributed by atoms with Gasteiger partial charge in [-0.05, 0) is 18.2 Å². The molecule has 112 valence electrons. The van der Waals surface area contributed by atoms with Crippen LogP contribution in [0.2, 0.25) is 0 Å². The third kappa shape index (κ3) is 1.93. The Hall–Kier alpha value is -2.54. The highest BCUT2D eigenvalue weighted by Crippen LogP contribution is 2.25. The maximum atomic E-state index is 13.9. The van der Waals surface area contributed by atoms with Crippen molar-refractivity contribution in [2.24, 2.45) is 0 Å². The molecule has 5 nitrogen and oxygen atoms in total. The van der Waals surface area contributed by atoms with Crippen molar-refractivity contribution in [1.82, 2.24) is 19.7 Å². The number of fused-ring (bicyclic) bond motifs is 3. The Labute approximate surface area is 123 Å². The number of H-pyrrole nitrogens is 1. The summed E-state index contributed by atoms with van der Waals surface area (Å²) in [7, 11) is 0. The van der Waals surface area contributed by atoms with Crippen molar-refractivity contribution in [2.45, 2.75) is 13.0 Å². The minimum atomic E-state index is -0.576. The van der Waals surface area contributed by atoms with Gasteiger partial charge in [0.2, 0.25) is 0 Å². The van der Waals surface area contributed by atoms with Crippen LogP contribution in [0.15, 0.2) is 29.2 Å². The van der Waals surface area contributed by atoms with E-state index >= 15 is 0 Å². The first-order chi connectivity index (χ1) is 10.6. The Morgan fingerprint density at radius 1 is 1.27 bits per heavy atom. The average molecular weight is 302 g/mol. The second-order valence-corrected chi connectivity index (χ2v) is 5.26. The highest BCUT2D eigenvalue weighted by atomic mass is 19.1. The molecule has 3 heterocycles. The molecule has 22 heavy (non-hydrogen) atoms. The normalized spacial score (nSPS) is 14.3. The molecule has 1 aromatic carbocycles. The molecule has 0 spiro atoms. The highest BCUT2D eigenvalue weighted by Gasteiger charge is 2.19. The number of hydrogen-bond donors (Lipinski definition) is 2. The summed E-state index contributed by atoms with van der Waals surface area (Å²) >= 11 is 0. The van der Waals surface area contributed by atoms with Crippen LogP contribution in [0, 0.1) is 11.6 Å². The van der Waals surface area contributed by atoms with E-state index in [1.807, 2.05) is 0 Å². The van der Waals surface area contributed by atoms with Crippen molar-refractivity contribution < 1.29 is 8.78 Å². The molecule has 4 rings (SSSR count). The Morgan fingerprint density at radius 3 is 3.00 bits per heavy atom. The van der Waals surface area contributed by atoms with E-state index in [2.05, 4.69) is 15.3 Å². The van der Waals surface area contributed by atoms with Crippen molar-refractivity contribution in [1.29, 1.82) is 0 Å². The largest absolute Gasteiger partial charge is 0.331 e. The Kier molecular flexibility index (Phi) is 2.83. The molecule has 0 amide bonds. The van der Waals surface area contributed by atoms with Crippen molar-refractivity contribution >= 4 is 5.65 Å². The lowest BCUT2D eigenvalue weighted by atomic mass is 10.1. The van der Waals surface area contributed by atoms with Crippen LogP contribution in [-0.4, -0.2) is 20.9 Å². The monoisotopic (exact) mass is 302 g/mol. The molecule has 2 aromatic heterocycles. The van der Waals surface area contributed by atoms with Crippen molar-refractivity contribution in [3.8, 4) is 11.3 Å². The van der Waals surface area contributed by atoms with E-state index < -0.39 is 11.6 Å². The molecule has 3 aromatic rings. The second kappa shape index (κ2) is 4.74. The zero-order chi connectivity index (χ0) is 15.3. The molecule has 0 fully saturated rings. The van der Waals surface area contributed by atoms with E-state index in [0.717, 1.165) is 36.0 Å². The zero-order valence-corrected chi connectivity index (χ0v) is 11.5. The van der Waals surface area contributed by atoms with E-state index in [-0.39, 0.29) is 16.9 Å². The van der Waals surface area contributed by atoms with Crippen LogP contribution in [0.25, 0.3) is 16.9 Å². The van der Waals surface area contributed by atoms with Gasteiger partial charge in [-0.15, -0.1) is 0 Å². The van der Waals surface area contributed by atoms with Crippen LogP contribution in [0.4, 0.5) is 8.78 Å². The molecular weight excluding hydrogens is 290 g/mol. The van der Waals surface area contributed by atoms with Crippen LogP contribution in [0.3, 0.4) is 0 Å². The fourth-order valence-corrected chi connectivity index (χ4v) is 2.80. The molecule has 0 radical (unpaired) electrons. The number of hydrogen-bond acceptors (Lipinski definition) is 3. The molecule has 1 aliphatic heterocycles. The molecular formula is C15H12F2N4O. The van der Waals surface area contributed by atoms with E-state index in [1.165, 1.54) is 10.6 Å². The minimum Gasteiger partial charge on any atom is -0.312 e. The summed E-state index contributed by atoms with van der Waals surface area (Å²) in [5, 5.41) is 3.21. The lowest BCUT2D eigenvalue weighted by Crippen LogP contribution is -2.29. The van der Waals surface area contributed by atoms with Crippen LogP contribution < -0.4 is 11.0 Å². The molecule has 0 atom stereocenters. The number of aromatic nitrogens is 3. The number of benzene rings is 1. The molecule has 7 heteroatoms. The summed E-state index contributed by atoms with van der Waals surface area (Å²) in [4.78, 5) is 19.3. The molecule has 0 bridgehead atoms. The van der Waals surface area contributed by atoms with Gasteiger partial charge >= 0.3 is 5.69 Å². The van der Waals surface area contributed by atoms with Gasteiger partial charge in [0, 0.05) is 42.5 Å². The summed E-state index contributed by atoms with van der Waals surface area (Å²) in [6, 6.07) is 3.18. The van der Waals surface area contributed by atoms with Crippen LogP contribution in [-0.2, 0) is 13.0 Å². The van der Waals surface area contributed by atoms with Crippen LogP contribution in [0.1, 0.15) is 11.3 Å². The van der Waals surface area contributed by atoms with Crippen molar-refractivity contribution in [3.63, 3.8) is 0 Å². The van der Waals surface area contributed by atoms with Gasteiger partial charge in [0.05, 0.1) is 5.69 Å². The predicted octanol–water partition coefficient (Wildman–Crippen LogP) is 1.61. The highest BCUT2D eigenvalue weighted by molar-refractivity contribution is 5.65. The summed E-state index contributed by atoms with van der Waals surface area (Å²) in [6.45, 7) is 1.36. The minimum absolute atomic E-state index is 0.0422. The lowest BCUT2D eigenvalue weighted by Gasteiger charge is -2.16. The maximum absolute atomic E-state index is 13.9. The maximum Gasteiger partial charge on any atom is 0.331 e. The fourth-order valence-electron chi connectivity index (χ4n) is 2.80. The van der Waals surface area contributed by atoms with E-state index in [4.69, 9.17) is 0 Å². The first-order valence-corrected chi connectivity index (χ1v) is 6.93. The lowest BCUT2D eigenvalue weighted by molar-refractivity contribution is 0.603. The predicted molar refractivity (Wildman–Crippen MR) is 76.6 cm³/mol. The van der Waals surface area contributed by atoms with Gasteiger partial charge in [-0.25, -0.2) is 18.6 Å². The number of imidazole rings is 1. The molecule has 0 saturated heterocycles. The molecule has 0 unspecified atom stereocenters. The summed E-state index contributed by atoms with van der Waals surface area (Å²) < 4.78 is 28.6. The van der Waals surface area contributed by atoms with Crippen molar-refractivity contribution in [3.05, 3.63) is 57.8 Å². The first-order valence-electron chi connectivity index (χ1n) is 6.93. The second-order valence-electron chi connectivity index (χ2n) is 5.26. The standard InChI is InChI=1S/C15H12F2N4O/c16-8-1-2-11(17)9(5-8)13-7-21-14(19-13)10-6-18-4-3-12(10)20-15(21)22/h1-2,5,7,18H,3-4,6H2,(H,20,22). The summed E-state index contributed by atoms with van der Waals surface area (Å²) in [5.74, 6) is -1.13. The summed E-state index contributed by atoms with van der Waals surface area (Å²) in [6.07, 6.45) is 2.14. The summed E-state index contributed by atoms with van der Waals surface area (Å²) in [5.41, 5.74) is 2.15. The third-order valence-corrected chi connectivity index (χ3v) is 3.87. The van der Waals surface area contributed by atoms with Gasteiger partial charge < -0.3 is 10.3 Å². The van der Waals surface area contributed by atoms with Gasteiger partial charge in [0.1, 0.15) is 17.3 Å². The topological polar surface area (TPSA) is 62.2 Å². The van der Waals surface area contributed by atoms with Gasteiger partial charge in [-0.2, -0.15) is 0 Å². The molecule has 0 aliphatic carbocycles. The smallest absolute Gasteiger partial charge is 0.312 e. The van der Waals surface area contributed by atoms with Gasteiger partial charge in [-0.1, -0.05) is 0 Å². The third-order valence-electron chi connectivity index (χ3n) is 3.87. The number of aromatic amines is 1. The number of nitrogens with zero attached hydrogens (tertiary/aromatic N) is 2. The number of rotatable bonds is 1. The fraction of sp³-hybridized carbons (Fsp3) is 0.200. The quantitative estimate of drug-likeness (QED) is 0.718. The Morgan fingerprint density at radius 2 is 2.14 bits per heavy atom. The first kappa shape index (κ1) is 13.1. The van der Waals surface area contributed by atoms with Crippen molar-refractivity contribution in [2.75, 3.05) is 6.54 Å². The van der Waals surface area contributed by atoms with Gasteiger partial charge in [0.15, 0.2) is 0 Å². The molecule has 2 N–H and O–H groups in total.